The number of nitrogens with one attached hydrogen (secondary N) is 2. The summed E-state index contributed by atoms with van der Waals surface area (Å²) in [7, 11) is 0. The molecule has 0 fully saturated rings. The van der Waals surface area contributed by atoms with Gasteiger partial charge in [0.15, 0.2) is 0 Å². The van der Waals surface area contributed by atoms with Crippen molar-refractivity contribution >= 4 is 40.5 Å². The van der Waals surface area contributed by atoms with Crippen molar-refractivity contribution in [3.63, 3.8) is 0 Å². The summed E-state index contributed by atoms with van der Waals surface area (Å²) in [5.41, 5.74) is 3.52. The predicted octanol–water partition coefficient (Wildman–Crippen LogP) is 4.60. The molecule has 1 amide bonds. The summed E-state index contributed by atoms with van der Waals surface area (Å²) in [6.07, 6.45) is 2.21. The summed E-state index contributed by atoms with van der Waals surface area (Å²) >= 11 is 11.9. The molecule has 1 heterocycles. The fourth-order valence-corrected chi connectivity index (χ4v) is 2.91. The first-order valence-electron chi connectivity index (χ1n) is 6.77. The van der Waals surface area contributed by atoms with Crippen LogP contribution in [-0.2, 0) is 6.42 Å². The molecular formula is C16H14Cl2N2O. The summed E-state index contributed by atoms with van der Waals surface area (Å²) in [4.78, 5) is 12.3. The fourth-order valence-electron chi connectivity index (χ4n) is 2.41. The first kappa shape index (κ1) is 14.2. The van der Waals surface area contributed by atoms with E-state index in [0.29, 0.717) is 15.6 Å². The van der Waals surface area contributed by atoms with Gasteiger partial charge in [0.25, 0.3) is 5.91 Å². The van der Waals surface area contributed by atoms with Crippen molar-refractivity contribution in [3.8, 4) is 0 Å². The maximum Gasteiger partial charge on any atom is 0.257 e. The number of benzene rings is 2. The molecule has 3 rings (SSSR count). The second-order valence-corrected chi connectivity index (χ2v) is 5.82. The van der Waals surface area contributed by atoms with E-state index in [9.17, 15) is 4.79 Å². The van der Waals surface area contributed by atoms with E-state index in [1.165, 1.54) is 5.56 Å². The van der Waals surface area contributed by atoms with Crippen molar-refractivity contribution in [2.75, 3.05) is 17.2 Å². The van der Waals surface area contributed by atoms with Crippen LogP contribution >= 0.6 is 23.2 Å². The number of hydrogen-bond donors (Lipinski definition) is 2. The molecule has 0 atom stereocenters. The van der Waals surface area contributed by atoms with Gasteiger partial charge < -0.3 is 10.6 Å². The minimum Gasteiger partial charge on any atom is -0.385 e. The highest BCUT2D eigenvalue weighted by Gasteiger charge is 2.13. The van der Waals surface area contributed by atoms with Crippen molar-refractivity contribution in [2.24, 2.45) is 0 Å². The van der Waals surface area contributed by atoms with Crippen LogP contribution in [0, 0.1) is 0 Å². The molecule has 0 bridgehead atoms. The Kier molecular flexibility index (Phi) is 4.04. The van der Waals surface area contributed by atoms with Crippen LogP contribution < -0.4 is 10.6 Å². The normalized spacial score (nSPS) is 13.2. The average Bonchev–Trinajstić information content (AvgIpc) is 2.47. The van der Waals surface area contributed by atoms with E-state index in [2.05, 4.69) is 10.6 Å². The van der Waals surface area contributed by atoms with Crippen LogP contribution in [0.5, 0.6) is 0 Å². The van der Waals surface area contributed by atoms with Gasteiger partial charge in [0.05, 0.1) is 10.6 Å². The molecule has 0 unspecified atom stereocenters. The molecule has 21 heavy (non-hydrogen) atoms. The third-order valence-electron chi connectivity index (χ3n) is 3.48. The molecule has 2 aromatic carbocycles. The monoisotopic (exact) mass is 320 g/mol. The number of carbonyl (C=O) groups excluding carboxylic acids is 1. The van der Waals surface area contributed by atoms with Crippen LogP contribution in [0.3, 0.4) is 0 Å². The van der Waals surface area contributed by atoms with Crippen LogP contribution in [0.2, 0.25) is 10.0 Å². The Morgan fingerprint density at radius 3 is 2.81 bits per heavy atom. The predicted molar refractivity (Wildman–Crippen MR) is 87.7 cm³/mol. The molecule has 2 N–H and O–H groups in total. The minimum atomic E-state index is -0.243. The van der Waals surface area contributed by atoms with Gasteiger partial charge >= 0.3 is 0 Å². The van der Waals surface area contributed by atoms with Crippen LogP contribution in [0.25, 0.3) is 0 Å². The molecule has 1 aliphatic rings. The number of hydrogen-bond acceptors (Lipinski definition) is 2. The van der Waals surface area contributed by atoms with Crippen LogP contribution in [0.4, 0.5) is 11.4 Å². The molecule has 1 aliphatic heterocycles. The van der Waals surface area contributed by atoms with Gasteiger partial charge in [-0.25, -0.2) is 0 Å². The molecule has 3 nitrogen and oxygen atoms in total. The summed E-state index contributed by atoms with van der Waals surface area (Å²) < 4.78 is 0. The average molecular weight is 321 g/mol. The third kappa shape index (κ3) is 3.14. The van der Waals surface area contributed by atoms with Crippen LogP contribution in [0.1, 0.15) is 22.3 Å². The van der Waals surface area contributed by atoms with E-state index < -0.39 is 0 Å². The molecule has 108 valence electrons. The standard InChI is InChI=1S/C16H14Cl2N2O/c17-11-4-6-13(14(18)8-11)16(21)20-12-5-3-10-2-1-7-19-15(10)9-12/h3-6,8-9,19H,1-2,7H2,(H,20,21). The van der Waals surface area contributed by atoms with Crippen molar-refractivity contribution in [3.05, 3.63) is 57.6 Å². The molecule has 0 saturated heterocycles. The van der Waals surface area contributed by atoms with Crippen LogP contribution in [0.15, 0.2) is 36.4 Å². The minimum absolute atomic E-state index is 0.243. The highest BCUT2D eigenvalue weighted by atomic mass is 35.5. The van der Waals surface area contributed by atoms with Crippen LogP contribution in [-0.4, -0.2) is 12.5 Å². The molecule has 0 saturated carbocycles. The lowest BCUT2D eigenvalue weighted by Crippen LogP contribution is -2.15. The van der Waals surface area contributed by atoms with Gasteiger partial charge in [0, 0.05) is 22.9 Å². The first-order chi connectivity index (χ1) is 10.1. The number of carbonyl (C=O) groups is 1. The quantitative estimate of drug-likeness (QED) is 0.848. The Morgan fingerprint density at radius 1 is 1.14 bits per heavy atom. The number of amides is 1. The van der Waals surface area contributed by atoms with Gasteiger partial charge in [-0.05, 0) is 48.7 Å². The Balaban J connectivity index is 1.81. The maximum atomic E-state index is 12.3. The van der Waals surface area contributed by atoms with E-state index in [4.69, 9.17) is 23.2 Å². The summed E-state index contributed by atoms with van der Waals surface area (Å²) in [5, 5.41) is 7.05. The lowest BCUT2D eigenvalue weighted by atomic mass is 10.0. The number of halogens is 2. The topological polar surface area (TPSA) is 41.1 Å². The summed E-state index contributed by atoms with van der Waals surface area (Å²) in [5.74, 6) is -0.243. The van der Waals surface area contributed by atoms with Gasteiger partial charge in [0.1, 0.15) is 0 Å². The highest BCUT2D eigenvalue weighted by Crippen LogP contribution is 2.26. The van der Waals surface area contributed by atoms with Crippen molar-refractivity contribution in [1.29, 1.82) is 0 Å². The van der Waals surface area contributed by atoms with Gasteiger partial charge in [-0.3, -0.25) is 4.79 Å². The molecule has 0 aromatic heterocycles. The van der Waals surface area contributed by atoms with Crippen molar-refractivity contribution in [1.82, 2.24) is 0 Å². The van der Waals surface area contributed by atoms with Gasteiger partial charge in [-0.15, -0.1) is 0 Å². The zero-order valence-electron chi connectivity index (χ0n) is 11.2. The van der Waals surface area contributed by atoms with E-state index in [1.807, 2.05) is 18.2 Å². The number of fused-ring (bicyclic) bond motifs is 1. The Bertz CT molecular complexity index is 701. The van der Waals surface area contributed by atoms with Crippen molar-refractivity contribution in [2.45, 2.75) is 12.8 Å². The number of aryl methyl sites for hydroxylation is 1. The molecule has 5 heteroatoms. The SMILES string of the molecule is O=C(Nc1ccc2c(c1)NCCC2)c1ccc(Cl)cc1Cl. The Morgan fingerprint density at radius 2 is 2.00 bits per heavy atom. The molecular weight excluding hydrogens is 307 g/mol. The highest BCUT2D eigenvalue weighted by molar-refractivity contribution is 6.37. The van der Waals surface area contributed by atoms with Crippen molar-refractivity contribution < 1.29 is 4.79 Å². The largest absolute Gasteiger partial charge is 0.385 e. The Hall–Kier alpha value is -1.71. The Labute approximate surface area is 133 Å². The molecule has 2 aromatic rings. The summed E-state index contributed by atoms with van der Waals surface area (Å²) in [6, 6.07) is 10.7. The lowest BCUT2D eigenvalue weighted by molar-refractivity contribution is 0.102. The number of rotatable bonds is 2. The lowest BCUT2D eigenvalue weighted by Gasteiger charge is -2.19. The fraction of sp³-hybridized carbons (Fsp3) is 0.188. The van der Waals surface area contributed by atoms with E-state index in [1.54, 1.807) is 18.2 Å². The van der Waals surface area contributed by atoms with Gasteiger partial charge in [-0.1, -0.05) is 29.3 Å². The van der Waals surface area contributed by atoms with E-state index in [-0.39, 0.29) is 5.91 Å². The first-order valence-corrected chi connectivity index (χ1v) is 7.52. The molecule has 0 aliphatic carbocycles. The summed E-state index contributed by atoms with van der Waals surface area (Å²) in [6.45, 7) is 0.966. The molecule has 0 radical (unpaired) electrons. The number of anilines is 2. The van der Waals surface area contributed by atoms with Gasteiger partial charge in [-0.2, -0.15) is 0 Å². The van der Waals surface area contributed by atoms with E-state index in [0.717, 1.165) is 30.8 Å². The molecule has 0 spiro atoms. The second kappa shape index (κ2) is 5.96. The maximum absolute atomic E-state index is 12.3. The third-order valence-corrected chi connectivity index (χ3v) is 4.03. The van der Waals surface area contributed by atoms with E-state index >= 15 is 0 Å². The smallest absolute Gasteiger partial charge is 0.257 e. The zero-order chi connectivity index (χ0) is 14.8. The zero-order valence-corrected chi connectivity index (χ0v) is 12.8. The van der Waals surface area contributed by atoms with Gasteiger partial charge in [0.2, 0.25) is 0 Å². The second-order valence-electron chi connectivity index (χ2n) is 4.98.